The first-order valence-corrected chi connectivity index (χ1v) is 11.7. The maximum atomic E-state index is 6.33. The number of aryl methyl sites for hydroxylation is 1. The molecule has 5 rings (SSSR count). The summed E-state index contributed by atoms with van der Waals surface area (Å²) in [6.07, 6.45) is 7.81. The van der Waals surface area contributed by atoms with Crippen LogP contribution in [0, 0.1) is 0 Å². The number of anilines is 1. The van der Waals surface area contributed by atoms with Crippen molar-refractivity contribution in [1.82, 2.24) is 19.7 Å². The Morgan fingerprint density at radius 2 is 2.09 bits per heavy atom. The van der Waals surface area contributed by atoms with Crippen LogP contribution in [0.25, 0.3) is 0 Å². The van der Waals surface area contributed by atoms with Crippen molar-refractivity contribution >= 4 is 29.2 Å². The highest BCUT2D eigenvalue weighted by Gasteiger charge is 2.50. The second-order valence-corrected chi connectivity index (χ2v) is 9.33. The fraction of sp³-hybridized carbons (Fsp3) is 0.348. The highest BCUT2D eigenvalue weighted by atomic mass is 32.1. The van der Waals surface area contributed by atoms with Crippen molar-refractivity contribution in [3.05, 3.63) is 70.2 Å². The summed E-state index contributed by atoms with van der Waals surface area (Å²) in [6.45, 7) is 1.85. The summed E-state index contributed by atoms with van der Waals surface area (Å²) >= 11 is 1.66. The van der Waals surface area contributed by atoms with Crippen LogP contribution < -0.4 is 11.1 Å². The van der Waals surface area contributed by atoms with Crippen molar-refractivity contribution in [1.29, 1.82) is 0 Å². The lowest BCUT2D eigenvalue weighted by Crippen LogP contribution is -2.47. The summed E-state index contributed by atoms with van der Waals surface area (Å²) in [5.41, 5.74) is 8.60. The van der Waals surface area contributed by atoms with Crippen molar-refractivity contribution in [2.45, 2.75) is 31.1 Å². The third kappa shape index (κ3) is 3.57. The van der Waals surface area contributed by atoms with Crippen LogP contribution in [0.1, 0.15) is 34.9 Å². The molecule has 0 amide bonds. The lowest BCUT2D eigenvalue weighted by atomic mass is 9.94. The Kier molecular flexibility index (Phi) is 5.44. The van der Waals surface area contributed by atoms with Crippen LogP contribution in [0.4, 0.5) is 5.69 Å². The smallest absolute Gasteiger partial charge is 0.217 e. The monoisotopic (exact) mass is 448 g/mol. The number of benzene rings is 1. The maximum absolute atomic E-state index is 6.33. The zero-order chi connectivity index (χ0) is 22.1. The summed E-state index contributed by atoms with van der Waals surface area (Å²) in [4.78, 5) is 8.28. The molecule has 3 aromatic rings. The van der Waals surface area contributed by atoms with Crippen molar-refractivity contribution in [3.8, 4) is 0 Å². The molecule has 166 valence electrons. The number of hydrazone groups is 1. The number of nitrogens with zero attached hydrogens (tertiary/aromatic N) is 6. The van der Waals surface area contributed by atoms with E-state index in [1.807, 2.05) is 23.2 Å². The highest BCUT2D eigenvalue weighted by Crippen LogP contribution is 2.50. The van der Waals surface area contributed by atoms with Gasteiger partial charge in [-0.05, 0) is 44.1 Å². The predicted molar refractivity (Wildman–Crippen MR) is 130 cm³/mol. The summed E-state index contributed by atoms with van der Waals surface area (Å²) in [7, 11) is 4.17. The fourth-order valence-corrected chi connectivity index (χ4v) is 5.45. The van der Waals surface area contributed by atoms with E-state index in [9.17, 15) is 0 Å². The van der Waals surface area contributed by atoms with Crippen LogP contribution in [0.5, 0.6) is 0 Å². The van der Waals surface area contributed by atoms with E-state index in [1.165, 1.54) is 5.56 Å². The predicted octanol–water partition coefficient (Wildman–Crippen LogP) is 3.27. The fourth-order valence-electron chi connectivity index (χ4n) is 4.44. The molecule has 0 saturated carbocycles. The number of fused-ring (bicyclic) bond motifs is 1. The van der Waals surface area contributed by atoms with E-state index in [0.29, 0.717) is 5.96 Å². The molecule has 0 fully saturated rings. The number of nitrogens with two attached hydrogens (primary N) is 1. The van der Waals surface area contributed by atoms with Gasteiger partial charge in [0.15, 0.2) is 5.96 Å². The Labute approximate surface area is 192 Å². The van der Waals surface area contributed by atoms with Crippen molar-refractivity contribution in [3.63, 3.8) is 0 Å². The third-order valence-corrected chi connectivity index (χ3v) is 6.91. The lowest BCUT2D eigenvalue weighted by molar-refractivity contribution is 0.0989. The molecule has 4 heterocycles. The van der Waals surface area contributed by atoms with E-state index in [-0.39, 0.29) is 6.04 Å². The minimum atomic E-state index is -0.869. The molecule has 32 heavy (non-hydrogen) atoms. The molecular weight excluding hydrogens is 420 g/mol. The van der Waals surface area contributed by atoms with Gasteiger partial charge < -0.3 is 16.0 Å². The normalized spacial score (nSPS) is 22.2. The SMILES string of the molecule is CN(C)CCCn1cc(C2(N3N=CCC3c3ccccc3)N=C(N)Nc3ccsc32)cn1. The minimum Gasteiger partial charge on any atom is -0.370 e. The van der Waals surface area contributed by atoms with Crippen molar-refractivity contribution in [2.24, 2.45) is 15.8 Å². The number of rotatable bonds is 7. The molecule has 0 saturated heterocycles. The Bertz CT molecular complexity index is 1130. The van der Waals surface area contributed by atoms with Crippen LogP contribution in [0.15, 0.2) is 64.3 Å². The summed E-state index contributed by atoms with van der Waals surface area (Å²) in [6, 6.07) is 12.6. The maximum Gasteiger partial charge on any atom is 0.217 e. The molecule has 1 aromatic carbocycles. The van der Waals surface area contributed by atoms with Gasteiger partial charge in [-0.25, -0.2) is 4.99 Å². The molecule has 2 atom stereocenters. The summed E-state index contributed by atoms with van der Waals surface area (Å²) < 4.78 is 2.00. The van der Waals surface area contributed by atoms with Gasteiger partial charge in [0.1, 0.15) is 0 Å². The van der Waals surface area contributed by atoms with Gasteiger partial charge in [0, 0.05) is 30.9 Å². The molecule has 2 unspecified atom stereocenters. The van der Waals surface area contributed by atoms with Gasteiger partial charge in [-0.2, -0.15) is 10.2 Å². The minimum absolute atomic E-state index is 0.0536. The highest BCUT2D eigenvalue weighted by molar-refractivity contribution is 7.10. The topological polar surface area (TPSA) is 87.1 Å². The first kappa shape index (κ1) is 20.7. The lowest BCUT2D eigenvalue weighted by Gasteiger charge is -2.42. The van der Waals surface area contributed by atoms with Crippen LogP contribution in [0.3, 0.4) is 0 Å². The average Bonchev–Trinajstić information content (AvgIpc) is 3.54. The Morgan fingerprint density at radius 3 is 2.91 bits per heavy atom. The molecule has 2 aromatic heterocycles. The van der Waals surface area contributed by atoms with Crippen LogP contribution in [0.2, 0.25) is 0 Å². The van der Waals surface area contributed by atoms with E-state index in [1.54, 1.807) is 11.3 Å². The van der Waals surface area contributed by atoms with E-state index in [0.717, 1.165) is 42.1 Å². The second-order valence-electron chi connectivity index (χ2n) is 8.41. The number of thiophene rings is 1. The van der Waals surface area contributed by atoms with E-state index < -0.39 is 5.66 Å². The van der Waals surface area contributed by atoms with Crippen molar-refractivity contribution in [2.75, 3.05) is 26.0 Å². The number of nitrogens with one attached hydrogen (secondary N) is 1. The number of hydrogen-bond donors (Lipinski definition) is 2. The Morgan fingerprint density at radius 1 is 1.25 bits per heavy atom. The average molecular weight is 449 g/mol. The molecule has 2 aliphatic rings. The van der Waals surface area contributed by atoms with Crippen LogP contribution in [-0.2, 0) is 12.2 Å². The molecule has 8 nitrogen and oxygen atoms in total. The zero-order valence-corrected chi connectivity index (χ0v) is 19.2. The van der Waals surface area contributed by atoms with Crippen LogP contribution >= 0.6 is 11.3 Å². The molecule has 2 aliphatic heterocycles. The van der Waals surface area contributed by atoms with Crippen LogP contribution in [-0.4, -0.2) is 52.5 Å². The van der Waals surface area contributed by atoms with Gasteiger partial charge in [-0.3, -0.25) is 9.69 Å². The third-order valence-electron chi connectivity index (χ3n) is 5.90. The summed E-state index contributed by atoms with van der Waals surface area (Å²) in [5.74, 6) is 0.380. The number of guanidine groups is 1. The van der Waals surface area contributed by atoms with Gasteiger partial charge in [-0.1, -0.05) is 30.3 Å². The molecule has 0 radical (unpaired) electrons. The van der Waals surface area contributed by atoms with Gasteiger partial charge >= 0.3 is 0 Å². The van der Waals surface area contributed by atoms with Gasteiger partial charge in [0.25, 0.3) is 0 Å². The molecule has 9 heteroatoms. The summed E-state index contributed by atoms with van der Waals surface area (Å²) in [5, 5.41) is 16.9. The molecular formula is C23H28N8S. The number of aliphatic imine (C=N–C) groups is 1. The van der Waals surface area contributed by atoms with Gasteiger partial charge in [0.05, 0.1) is 22.8 Å². The quantitative estimate of drug-likeness (QED) is 0.579. The van der Waals surface area contributed by atoms with E-state index in [2.05, 4.69) is 76.3 Å². The van der Waals surface area contributed by atoms with Gasteiger partial charge in [-0.15, -0.1) is 11.3 Å². The molecule has 0 bridgehead atoms. The molecule has 0 spiro atoms. The first-order chi connectivity index (χ1) is 15.6. The Hall–Kier alpha value is -3.17. The van der Waals surface area contributed by atoms with Crippen molar-refractivity contribution < 1.29 is 0 Å². The van der Waals surface area contributed by atoms with Gasteiger partial charge in [0.2, 0.25) is 5.66 Å². The Balaban J connectivity index is 1.60. The number of hydrogen-bond acceptors (Lipinski definition) is 8. The standard InChI is InChI=1S/C23H28N8S/c1-29(2)12-6-13-30-16-18(15-26-30)23(21-19(10-14-32-21)27-22(24)28-23)31-20(9-11-25-31)17-7-4-3-5-8-17/h3-5,7-8,10-11,14-16,20H,6,9,12-13H2,1-2H3,(H3,24,27,28). The number of aromatic nitrogens is 2. The van der Waals surface area contributed by atoms with E-state index in [4.69, 9.17) is 15.8 Å². The van der Waals surface area contributed by atoms with E-state index >= 15 is 0 Å². The zero-order valence-electron chi connectivity index (χ0n) is 18.3. The molecule has 0 aliphatic carbocycles. The molecule has 3 N–H and O–H groups in total. The largest absolute Gasteiger partial charge is 0.370 e. The second kappa shape index (κ2) is 8.40. The first-order valence-electron chi connectivity index (χ1n) is 10.8.